The smallest absolute Gasteiger partial charge is 0.377 e. The summed E-state index contributed by atoms with van der Waals surface area (Å²) in [5.74, 6) is 0. The van der Waals surface area contributed by atoms with Crippen LogP contribution < -0.4 is 0 Å². The van der Waals surface area contributed by atoms with Crippen LogP contribution in [0.25, 0.3) is 0 Å². The molecule has 0 aromatic carbocycles. The SMILES string of the molecule is [O]S(=O)(=O)c1ncco1. The van der Waals surface area contributed by atoms with Gasteiger partial charge in [-0.05, 0) is 0 Å². The van der Waals surface area contributed by atoms with E-state index in [0.29, 0.717) is 0 Å². The summed E-state index contributed by atoms with van der Waals surface area (Å²) in [6, 6.07) is 0. The van der Waals surface area contributed by atoms with Crippen molar-refractivity contribution in [3.8, 4) is 0 Å². The summed E-state index contributed by atoms with van der Waals surface area (Å²) in [6.07, 6.45) is 2.11. The Morgan fingerprint density at radius 2 is 2.22 bits per heavy atom. The molecule has 0 saturated heterocycles. The third-order valence-electron chi connectivity index (χ3n) is 0.624. The van der Waals surface area contributed by atoms with Crippen LogP contribution in [0, 0.1) is 0 Å². The van der Waals surface area contributed by atoms with Crippen molar-refractivity contribution in [2.75, 3.05) is 0 Å². The summed E-state index contributed by atoms with van der Waals surface area (Å²) < 4.78 is 34.1. The molecule has 1 radical (unpaired) electrons. The van der Waals surface area contributed by atoms with Crippen molar-refractivity contribution in [3.05, 3.63) is 12.5 Å². The molecule has 0 N–H and O–H groups in total. The van der Waals surface area contributed by atoms with Gasteiger partial charge in [0.15, 0.2) is 0 Å². The molecule has 6 heteroatoms. The Bertz CT molecular complexity index is 273. The average molecular weight is 148 g/mol. The van der Waals surface area contributed by atoms with Crippen LogP contribution in [0.5, 0.6) is 0 Å². The highest BCUT2D eigenvalue weighted by molar-refractivity contribution is 7.85. The first-order valence-electron chi connectivity index (χ1n) is 1.96. The second kappa shape index (κ2) is 1.82. The monoisotopic (exact) mass is 148 g/mol. The zero-order chi connectivity index (χ0) is 6.91. The molecule has 0 spiro atoms. The normalized spacial score (nSPS) is 11.7. The highest BCUT2D eigenvalue weighted by atomic mass is 32.2. The molecule has 0 atom stereocenters. The van der Waals surface area contributed by atoms with E-state index in [9.17, 15) is 13.0 Å². The molecule has 0 aliphatic carbocycles. The Morgan fingerprint density at radius 3 is 2.44 bits per heavy atom. The van der Waals surface area contributed by atoms with Gasteiger partial charge in [0.2, 0.25) is 0 Å². The molecule has 0 bridgehead atoms. The van der Waals surface area contributed by atoms with Gasteiger partial charge >= 0.3 is 15.3 Å². The summed E-state index contributed by atoms with van der Waals surface area (Å²) >= 11 is 0. The second-order valence-corrected chi connectivity index (χ2v) is 2.51. The molecular weight excluding hydrogens is 146 g/mol. The standard InChI is InChI=1S/C3H2NO4S/c5-9(6,7)3-4-1-2-8-3/h1-2H. The lowest BCUT2D eigenvalue weighted by molar-refractivity contribution is 0.357. The maximum absolute atomic E-state index is 9.98. The number of oxazole rings is 1. The van der Waals surface area contributed by atoms with E-state index >= 15 is 0 Å². The van der Waals surface area contributed by atoms with Crippen molar-refractivity contribution in [3.63, 3.8) is 0 Å². The molecule has 49 valence electrons. The molecular formula is C3H2NO4S. The minimum absolute atomic E-state index is 0.789. The average Bonchev–Trinajstić information content (AvgIpc) is 2.08. The fraction of sp³-hybridized carbons (Fsp3) is 0. The van der Waals surface area contributed by atoms with Crippen molar-refractivity contribution in [2.24, 2.45) is 0 Å². The minimum atomic E-state index is -4.49. The van der Waals surface area contributed by atoms with Crippen molar-refractivity contribution in [1.82, 2.24) is 4.98 Å². The van der Waals surface area contributed by atoms with Gasteiger partial charge in [-0.1, -0.05) is 4.55 Å². The van der Waals surface area contributed by atoms with E-state index in [2.05, 4.69) is 9.40 Å². The Kier molecular flexibility index (Phi) is 1.26. The van der Waals surface area contributed by atoms with Crippen LogP contribution in [0.1, 0.15) is 0 Å². The summed E-state index contributed by atoms with van der Waals surface area (Å²) in [5.41, 5.74) is 0. The number of hydrogen-bond donors (Lipinski definition) is 0. The highest BCUT2D eigenvalue weighted by Crippen LogP contribution is 2.02. The van der Waals surface area contributed by atoms with Gasteiger partial charge in [-0.25, -0.2) is 4.98 Å². The van der Waals surface area contributed by atoms with Gasteiger partial charge in [-0.3, -0.25) is 0 Å². The van der Waals surface area contributed by atoms with Crippen molar-refractivity contribution < 1.29 is 17.4 Å². The van der Waals surface area contributed by atoms with Crippen molar-refractivity contribution in [2.45, 2.75) is 5.22 Å². The molecule has 9 heavy (non-hydrogen) atoms. The minimum Gasteiger partial charge on any atom is -0.435 e. The maximum Gasteiger partial charge on any atom is 0.377 e. The molecule has 0 amide bonds. The highest BCUT2D eigenvalue weighted by Gasteiger charge is 2.15. The lowest BCUT2D eigenvalue weighted by Gasteiger charge is -1.79. The quantitative estimate of drug-likeness (QED) is 0.552. The lowest BCUT2D eigenvalue weighted by Crippen LogP contribution is -1.94. The van der Waals surface area contributed by atoms with Crippen LogP contribution in [0.15, 0.2) is 22.1 Å². The van der Waals surface area contributed by atoms with E-state index < -0.39 is 15.3 Å². The summed E-state index contributed by atoms with van der Waals surface area (Å²) in [5, 5.41) is -0.789. The molecule has 1 heterocycles. The zero-order valence-electron chi connectivity index (χ0n) is 4.14. The Morgan fingerprint density at radius 1 is 1.56 bits per heavy atom. The lowest BCUT2D eigenvalue weighted by atomic mass is 11.0. The van der Waals surface area contributed by atoms with Crippen LogP contribution in [0.3, 0.4) is 0 Å². The van der Waals surface area contributed by atoms with E-state index in [1.807, 2.05) is 0 Å². The van der Waals surface area contributed by atoms with E-state index in [-0.39, 0.29) is 0 Å². The summed E-state index contributed by atoms with van der Waals surface area (Å²) in [6.45, 7) is 0. The van der Waals surface area contributed by atoms with E-state index in [0.717, 1.165) is 12.5 Å². The molecule has 1 rings (SSSR count). The van der Waals surface area contributed by atoms with Crippen LogP contribution in [-0.4, -0.2) is 13.4 Å². The van der Waals surface area contributed by atoms with Gasteiger partial charge < -0.3 is 4.42 Å². The fourth-order valence-electron chi connectivity index (χ4n) is 0.334. The number of nitrogens with zero attached hydrogens (tertiary/aromatic N) is 1. The Balaban J connectivity index is 3.20. The second-order valence-electron chi connectivity index (χ2n) is 1.25. The van der Waals surface area contributed by atoms with E-state index in [4.69, 9.17) is 0 Å². The molecule has 0 aliphatic heterocycles. The van der Waals surface area contributed by atoms with Gasteiger partial charge in [0, 0.05) is 0 Å². The Labute approximate surface area is 51.1 Å². The van der Waals surface area contributed by atoms with Gasteiger partial charge in [0.1, 0.15) is 6.26 Å². The van der Waals surface area contributed by atoms with Crippen molar-refractivity contribution in [1.29, 1.82) is 0 Å². The van der Waals surface area contributed by atoms with Gasteiger partial charge in [0.05, 0.1) is 6.20 Å². The molecule has 5 nitrogen and oxygen atoms in total. The molecule has 1 aromatic rings. The largest absolute Gasteiger partial charge is 0.435 e. The number of hydrogen-bond acceptors (Lipinski definition) is 4. The molecule has 0 unspecified atom stereocenters. The molecule has 1 aromatic heterocycles. The van der Waals surface area contributed by atoms with Crippen LogP contribution in [-0.2, 0) is 14.7 Å². The maximum atomic E-state index is 9.98. The van der Waals surface area contributed by atoms with Crippen molar-refractivity contribution >= 4 is 10.1 Å². The topological polar surface area (TPSA) is 80.1 Å². The van der Waals surface area contributed by atoms with Crippen LogP contribution in [0.4, 0.5) is 0 Å². The first-order valence-corrected chi connectivity index (χ1v) is 3.37. The molecule has 0 saturated carbocycles. The predicted octanol–water partition coefficient (Wildman–Crippen LogP) is -0.206. The number of aromatic nitrogens is 1. The first-order chi connectivity index (χ1) is 4.11. The van der Waals surface area contributed by atoms with E-state index in [1.165, 1.54) is 0 Å². The molecule has 0 fully saturated rings. The Hall–Kier alpha value is -0.880. The summed E-state index contributed by atoms with van der Waals surface area (Å²) in [4.78, 5) is 3.12. The fourth-order valence-corrected chi connectivity index (χ4v) is 0.697. The van der Waals surface area contributed by atoms with Gasteiger partial charge in [-0.2, -0.15) is 8.42 Å². The summed E-state index contributed by atoms with van der Waals surface area (Å²) in [7, 11) is -4.49. The number of rotatable bonds is 1. The zero-order valence-corrected chi connectivity index (χ0v) is 4.96. The van der Waals surface area contributed by atoms with Gasteiger partial charge in [0.25, 0.3) is 0 Å². The van der Waals surface area contributed by atoms with Gasteiger partial charge in [-0.15, -0.1) is 0 Å². The van der Waals surface area contributed by atoms with Crippen LogP contribution >= 0.6 is 0 Å². The van der Waals surface area contributed by atoms with E-state index in [1.54, 1.807) is 0 Å². The van der Waals surface area contributed by atoms with Crippen LogP contribution in [0.2, 0.25) is 0 Å². The predicted molar refractivity (Wildman–Crippen MR) is 24.4 cm³/mol. The first kappa shape index (κ1) is 6.24. The molecule has 0 aliphatic rings. The third kappa shape index (κ3) is 1.27. The third-order valence-corrected chi connectivity index (χ3v) is 1.25.